The molecule has 1 N–H and O–H groups in total. The number of para-hydroxylation sites is 1. The molecule has 3 aromatic carbocycles. The molecule has 39 heavy (non-hydrogen) atoms. The lowest BCUT2D eigenvalue weighted by Crippen LogP contribution is -2.46. The monoisotopic (exact) mass is 527 g/mol. The summed E-state index contributed by atoms with van der Waals surface area (Å²) in [6.45, 7) is 2.00. The molecule has 8 nitrogen and oxygen atoms in total. The number of nitrogens with one attached hydrogen (secondary N) is 1. The highest BCUT2D eigenvalue weighted by Crippen LogP contribution is 2.28. The molecule has 198 valence electrons. The van der Waals surface area contributed by atoms with Crippen LogP contribution in [0.15, 0.2) is 79.0 Å². The fourth-order valence-corrected chi connectivity index (χ4v) is 4.86. The third kappa shape index (κ3) is 5.03. The second-order valence-electron chi connectivity index (χ2n) is 9.14. The summed E-state index contributed by atoms with van der Waals surface area (Å²) >= 11 is 0. The lowest BCUT2D eigenvalue weighted by atomic mass is 10.1. The average Bonchev–Trinajstić information content (AvgIpc) is 3.49. The highest BCUT2D eigenvalue weighted by molar-refractivity contribution is 6.23. The van der Waals surface area contributed by atoms with Crippen molar-refractivity contribution in [2.24, 2.45) is 0 Å². The Labute approximate surface area is 224 Å². The Bertz CT molecular complexity index is 1560. The molecule has 0 aliphatic carbocycles. The van der Waals surface area contributed by atoms with Crippen molar-refractivity contribution in [2.75, 3.05) is 18.1 Å². The van der Waals surface area contributed by atoms with E-state index in [0.29, 0.717) is 6.42 Å². The van der Waals surface area contributed by atoms with E-state index in [9.17, 15) is 23.6 Å². The van der Waals surface area contributed by atoms with Crippen LogP contribution in [0.4, 0.5) is 10.1 Å². The molecule has 0 bridgehead atoms. The highest BCUT2D eigenvalue weighted by atomic mass is 19.1. The number of rotatable bonds is 8. The molecule has 1 aromatic heterocycles. The number of fused-ring (bicyclic) bond motifs is 1. The van der Waals surface area contributed by atoms with E-state index >= 15 is 0 Å². The number of benzene rings is 3. The summed E-state index contributed by atoms with van der Waals surface area (Å²) in [4.78, 5) is 57.7. The molecule has 0 spiro atoms. The van der Waals surface area contributed by atoms with E-state index in [1.165, 1.54) is 47.4 Å². The number of hydrogen-bond donors (Lipinski definition) is 1. The molecule has 9 heteroatoms. The molecule has 1 atom stereocenters. The van der Waals surface area contributed by atoms with Crippen LogP contribution in [0.1, 0.15) is 39.6 Å². The summed E-state index contributed by atoms with van der Waals surface area (Å²) < 4.78 is 19.6. The standard InChI is InChI=1S/C30H26FN3O5/c1-2-39-30(38)19-11-13-21(14-12-19)34-27(35)17-26(29(34)37)33(28(36)23-8-3-5-9-24(23)31)16-15-20-18-32-25-10-6-4-7-22(20)25/h3-14,18,26,32H,2,15-17H2,1H3. The lowest BCUT2D eigenvalue weighted by Gasteiger charge is -2.28. The van der Waals surface area contributed by atoms with Crippen LogP contribution in [-0.4, -0.2) is 52.8 Å². The maximum atomic E-state index is 14.6. The topological polar surface area (TPSA) is 99.8 Å². The van der Waals surface area contributed by atoms with E-state index in [1.54, 1.807) is 13.0 Å². The second kappa shape index (κ2) is 10.9. The number of H-pyrrole nitrogens is 1. The molecule has 1 aliphatic rings. The van der Waals surface area contributed by atoms with Gasteiger partial charge in [0.05, 0.1) is 29.8 Å². The number of amides is 3. The minimum Gasteiger partial charge on any atom is -0.462 e. The molecule has 1 aliphatic heterocycles. The largest absolute Gasteiger partial charge is 0.462 e. The zero-order valence-corrected chi connectivity index (χ0v) is 21.2. The number of carbonyl (C=O) groups excluding carboxylic acids is 4. The Hall–Kier alpha value is -4.79. The van der Waals surface area contributed by atoms with Gasteiger partial charge in [-0.2, -0.15) is 0 Å². The Kier molecular flexibility index (Phi) is 7.23. The quantitative estimate of drug-likeness (QED) is 0.269. The van der Waals surface area contributed by atoms with E-state index in [4.69, 9.17) is 4.74 Å². The molecule has 1 unspecified atom stereocenters. The van der Waals surface area contributed by atoms with Crippen LogP contribution in [0.5, 0.6) is 0 Å². The third-order valence-electron chi connectivity index (χ3n) is 6.80. The number of nitrogens with zero attached hydrogens (tertiary/aromatic N) is 2. The van der Waals surface area contributed by atoms with Crippen molar-refractivity contribution >= 4 is 40.3 Å². The Morgan fingerprint density at radius 2 is 1.74 bits per heavy atom. The first-order chi connectivity index (χ1) is 18.9. The van der Waals surface area contributed by atoms with Crippen LogP contribution in [0.3, 0.4) is 0 Å². The van der Waals surface area contributed by atoms with Gasteiger partial charge < -0.3 is 14.6 Å². The Morgan fingerprint density at radius 3 is 2.49 bits per heavy atom. The number of imide groups is 1. The number of hydrogen-bond acceptors (Lipinski definition) is 5. The molecule has 0 saturated carbocycles. The minimum atomic E-state index is -1.11. The van der Waals surface area contributed by atoms with Gasteiger partial charge in [0.15, 0.2) is 0 Å². The van der Waals surface area contributed by atoms with E-state index in [-0.39, 0.29) is 36.4 Å². The normalized spacial score (nSPS) is 15.1. The molecular formula is C30H26FN3O5. The van der Waals surface area contributed by atoms with Gasteiger partial charge in [0.25, 0.3) is 11.8 Å². The second-order valence-corrected chi connectivity index (χ2v) is 9.14. The summed E-state index contributed by atoms with van der Waals surface area (Å²) in [6.07, 6.45) is 1.98. The van der Waals surface area contributed by atoms with Crippen molar-refractivity contribution in [3.63, 3.8) is 0 Å². The third-order valence-corrected chi connectivity index (χ3v) is 6.80. The van der Waals surface area contributed by atoms with Gasteiger partial charge in [0.1, 0.15) is 11.9 Å². The van der Waals surface area contributed by atoms with Gasteiger partial charge in [-0.05, 0) is 61.4 Å². The maximum Gasteiger partial charge on any atom is 0.338 e. The van der Waals surface area contributed by atoms with E-state index in [0.717, 1.165) is 21.4 Å². The maximum absolute atomic E-state index is 14.6. The lowest BCUT2D eigenvalue weighted by molar-refractivity contribution is -0.122. The first kappa shape index (κ1) is 25.8. The first-order valence-electron chi connectivity index (χ1n) is 12.6. The van der Waals surface area contributed by atoms with Crippen LogP contribution in [0.2, 0.25) is 0 Å². The molecule has 5 rings (SSSR count). The SMILES string of the molecule is CCOC(=O)c1ccc(N2C(=O)CC(N(CCc3c[nH]c4ccccc34)C(=O)c3ccccc3F)C2=O)cc1. The zero-order valence-electron chi connectivity index (χ0n) is 21.2. The molecule has 1 saturated heterocycles. The van der Waals surface area contributed by atoms with Gasteiger partial charge in [-0.25, -0.2) is 14.1 Å². The summed E-state index contributed by atoms with van der Waals surface area (Å²) in [5.41, 5.74) is 2.25. The average molecular weight is 528 g/mol. The van der Waals surface area contributed by atoms with Crippen LogP contribution in [0.25, 0.3) is 10.9 Å². The predicted octanol–water partition coefficient (Wildman–Crippen LogP) is 4.50. The van der Waals surface area contributed by atoms with Crippen molar-refractivity contribution in [2.45, 2.75) is 25.8 Å². The van der Waals surface area contributed by atoms with Crippen molar-refractivity contribution in [3.05, 3.63) is 102 Å². The van der Waals surface area contributed by atoms with Crippen LogP contribution >= 0.6 is 0 Å². The van der Waals surface area contributed by atoms with Crippen molar-refractivity contribution < 1.29 is 28.3 Å². The van der Waals surface area contributed by atoms with Gasteiger partial charge >= 0.3 is 5.97 Å². The van der Waals surface area contributed by atoms with Gasteiger partial charge in [0.2, 0.25) is 5.91 Å². The van der Waals surface area contributed by atoms with Crippen molar-refractivity contribution in [1.29, 1.82) is 0 Å². The number of carbonyl (C=O) groups is 4. The van der Waals surface area contributed by atoms with E-state index in [1.807, 2.05) is 30.5 Å². The summed E-state index contributed by atoms with van der Waals surface area (Å²) in [6, 6.07) is 18.1. The predicted molar refractivity (Wildman–Crippen MR) is 143 cm³/mol. The van der Waals surface area contributed by atoms with E-state index in [2.05, 4.69) is 4.98 Å². The number of ether oxygens (including phenoxy) is 1. The van der Waals surface area contributed by atoms with Crippen molar-refractivity contribution in [1.82, 2.24) is 9.88 Å². The number of esters is 1. The van der Waals surface area contributed by atoms with Crippen LogP contribution < -0.4 is 4.90 Å². The summed E-state index contributed by atoms with van der Waals surface area (Å²) in [7, 11) is 0. The zero-order chi connectivity index (χ0) is 27.5. The number of anilines is 1. The number of aromatic amines is 1. The van der Waals surface area contributed by atoms with Crippen LogP contribution in [-0.2, 0) is 20.7 Å². The Morgan fingerprint density at radius 1 is 1.03 bits per heavy atom. The highest BCUT2D eigenvalue weighted by Gasteiger charge is 2.44. The first-order valence-corrected chi connectivity index (χ1v) is 12.6. The van der Waals surface area contributed by atoms with Gasteiger partial charge in [-0.3, -0.25) is 14.4 Å². The van der Waals surface area contributed by atoms with Gasteiger partial charge in [0, 0.05) is 23.6 Å². The summed E-state index contributed by atoms with van der Waals surface area (Å²) in [5.74, 6) is -2.97. The summed E-state index contributed by atoms with van der Waals surface area (Å²) in [5, 5.41) is 0.980. The van der Waals surface area contributed by atoms with Crippen molar-refractivity contribution in [3.8, 4) is 0 Å². The van der Waals surface area contributed by atoms with Gasteiger partial charge in [-0.1, -0.05) is 30.3 Å². The molecule has 1 fully saturated rings. The fraction of sp³-hybridized carbons (Fsp3) is 0.200. The van der Waals surface area contributed by atoms with Crippen LogP contribution in [0, 0.1) is 5.82 Å². The molecule has 2 heterocycles. The number of halogens is 1. The molecule has 0 radical (unpaired) electrons. The van der Waals surface area contributed by atoms with E-state index < -0.39 is 35.5 Å². The van der Waals surface area contributed by atoms with Gasteiger partial charge in [-0.15, -0.1) is 0 Å². The Balaban J connectivity index is 1.43. The molecule has 3 amide bonds. The molecular weight excluding hydrogens is 501 g/mol. The number of aromatic nitrogens is 1. The minimum absolute atomic E-state index is 0.0916. The molecule has 4 aromatic rings. The fourth-order valence-electron chi connectivity index (χ4n) is 4.86. The smallest absolute Gasteiger partial charge is 0.338 e.